The van der Waals surface area contributed by atoms with Crippen molar-refractivity contribution < 1.29 is 0 Å². The quantitative estimate of drug-likeness (QED) is 0.827. The minimum atomic E-state index is 0.524. The number of benzene rings is 1. The van der Waals surface area contributed by atoms with Gasteiger partial charge < -0.3 is 10.3 Å². The summed E-state index contributed by atoms with van der Waals surface area (Å²) in [6, 6.07) is 10.6. The van der Waals surface area contributed by atoms with Crippen LogP contribution >= 0.6 is 0 Å². The van der Waals surface area contributed by atoms with Crippen molar-refractivity contribution in [2.45, 2.75) is 26.3 Å². The average molecular weight is 229 g/mol. The largest absolute Gasteiger partial charge is 0.348 e. The molecule has 2 aromatic rings. The van der Waals surface area contributed by atoms with Crippen LogP contribution < -0.4 is 5.32 Å². The molecular formula is C14H19N3. The number of aromatic amines is 1. The van der Waals surface area contributed by atoms with Crippen LogP contribution in [0.2, 0.25) is 0 Å². The Kier molecular flexibility index (Phi) is 3.94. The molecule has 3 nitrogen and oxygen atoms in total. The zero-order valence-corrected chi connectivity index (χ0v) is 10.4. The van der Waals surface area contributed by atoms with E-state index < -0.39 is 0 Å². The van der Waals surface area contributed by atoms with Crippen LogP contribution in [0, 0.1) is 6.92 Å². The molecule has 0 aliphatic heterocycles. The number of aryl methyl sites for hydroxylation is 1. The highest BCUT2D eigenvalue weighted by Gasteiger charge is 2.05. The fourth-order valence-corrected chi connectivity index (χ4v) is 1.87. The summed E-state index contributed by atoms with van der Waals surface area (Å²) in [5.74, 6) is 0.524. The fraction of sp³-hybridized carbons (Fsp3) is 0.357. The summed E-state index contributed by atoms with van der Waals surface area (Å²) >= 11 is 0. The summed E-state index contributed by atoms with van der Waals surface area (Å²) in [5, 5.41) is 3.44. The molecule has 0 fully saturated rings. The lowest BCUT2D eigenvalue weighted by Gasteiger charge is -2.12. The third kappa shape index (κ3) is 3.17. The first-order chi connectivity index (χ1) is 8.27. The van der Waals surface area contributed by atoms with Gasteiger partial charge in [0.05, 0.1) is 12.0 Å². The maximum Gasteiger partial charge on any atom is 0.0925 e. The zero-order chi connectivity index (χ0) is 12.1. The number of hydrogen-bond donors (Lipinski definition) is 2. The number of nitrogens with zero attached hydrogens (tertiary/aromatic N) is 1. The third-order valence-electron chi connectivity index (χ3n) is 3.05. The van der Waals surface area contributed by atoms with Crippen LogP contribution in [-0.2, 0) is 6.54 Å². The van der Waals surface area contributed by atoms with Gasteiger partial charge in [0.25, 0.3) is 0 Å². The molecule has 0 amide bonds. The van der Waals surface area contributed by atoms with Gasteiger partial charge >= 0.3 is 0 Å². The van der Waals surface area contributed by atoms with Crippen LogP contribution in [0.15, 0.2) is 36.7 Å². The molecule has 0 saturated heterocycles. The molecule has 17 heavy (non-hydrogen) atoms. The zero-order valence-electron chi connectivity index (χ0n) is 10.4. The monoisotopic (exact) mass is 229 g/mol. The van der Waals surface area contributed by atoms with Crippen LogP contribution in [0.25, 0.3) is 0 Å². The molecule has 1 unspecified atom stereocenters. The van der Waals surface area contributed by atoms with Crippen molar-refractivity contribution in [2.75, 3.05) is 6.54 Å². The van der Waals surface area contributed by atoms with Crippen molar-refractivity contribution >= 4 is 0 Å². The summed E-state index contributed by atoms with van der Waals surface area (Å²) in [5.41, 5.74) is 3.62. The second-order valence-corrected chi connectivity index (χ2v) is 4.42. The predicted molar refractivity (Wildman–Crippen MR) is 69.9 cm³/mol. The van der Waals surface area contributed by atoms with Crippen molar-refractivity contribution in [1.29, 1.82) is 0 Å². The SMILES string of the molecule is Cc1[nH]cnc1CNCC(C)c1ccccc1. The second kappa shape index (κ2) is 5.64. The van der Waals surface area contributed by atoms with E-state index in [4.69, 9.17) is 0 Å². The van der Waals surface area contributed by atoms with Gasteiger partial charge in [-0.1, -0.05) is 37.3 Å². The minimum absolute atomic E-state index is 0.524. The maximum absolute atomic E-state index is 4.27. The molecule has 1 aromatic carbocycles. The first-order valence-electron chi connectivity index (χ1n) is 6.02. The van der Waals surface area contributed by atoms with Crippen molar-refractivity contribution in [1.82, 2.24) is 15.3 Å². The number of imidazole rings is 1. The second-order valence-electron chi connectivity index (χ2n) is 4.42. The topological polar surface area (TPSA) is 40.7 Å². The van der Waals surface area contributed by atoms with Crippen molar-refractivity contribution in [3.63, 3.8) is 0 Å². The third-order valence-corrected chi connectivity index (χ3v) is 3.05. The van der Waals surface area contributed by atoms with Crippen molar-refractivity contribution in [3.05, 3.63) is 53.6 Å². The molecule has 90 valence electrons. The van der Waals surface area contributed by atoms with E-state index >= 15 is 0 Å². The Morgan fingerprint density at radius 3 is 2.71 bits per heavy atom. The predicted octanol–water partition coefficient (Wildman–Crippen LogP) is 2.61. The Morgan fingerprint density at radius 2 is 2.06 bits per heavy atom. The number of nitrogens with one attached hydrogen (secondary N) is 2. The van der Waals surface area contributed by atoms with Crippen LogP contribution in [0.1, 0.15) is 29.8 Å². The smallest absolute Gasteiger partial charge is 0.0925 e. The van der Waals surface area contributed by atoms with Gasteiger partial charge in [-0.3, -0.25) is 0 Å². The molecule has 2 rings (SSSR count). The molecule has 0 aliphatic rings. The first kappa shape index (κ1) is 11.9. The lowest BCUT2D eigenvalue weighted by Crippen LogP contribution is -2.20. The lowest BCUT2D eigenvalue weighted by molar-refractivity contribution is 0.608. The van der Waals surface area contributed by atoms with Gasteiger partial charge in [0.15, 0.2) is 0 Å². The van der Waals surface area contributed by atoms with Gasteiger partial charge in [-0.25, -0.2) is 4.98 Å². The molecule has 0 radical (unpaired) electrons. The molecule has 1 heterocycles. The van der Waals surface area contributed by atoms with E-state index in [-0.39, 0.29) is 0 Å². The molecule has 0 bridgehead atoms. The molecular weight excluding hydrogens is 210 g/mol. The van der Waals surface area contributed by atoms with E-state index in [1.807, 2.05) is 6.92 Å². The number of rotatable bonds is 5. The number of hydrogen-bond acceptors (Lipinski definition) is 2. The highest BCUT2D eigenvalue weighted by atomic mass is 14.9. The van der Waals surface area contributed by atoms with Gasteiger partial charge in [0, 0.05) is 18.8 Å². The summed E-state index contributed by atoms with van der Waals surface area (Å²) in [6.07, 6.45) is 1.74. The molecule has 1 aromatic heterocycles. The Morgan fingerprint density at radius 1 is 1.29 bits per heavy atom. The van der Waals surface area contributed by atoms with Crippen LogP contribution in [0.3, 0.4) is 0 Å². The molecule has 0 saturated carbocycles. The van der Waals surface area contributed by atoms with Gasteiger partial charge in [-0.15, -0.1) is 0 Å². The fourth-order valence-electron chi connectivity index (χ4n) is 1.87. The first-order valence-corrected chi connectivity index (χ1v) is 6.02. The summed E-state index contributed by atoms with van der Waals surface area (Å²) in [6.45, 7) is 6.08. The average Bonchev–Trinajstić information content (AvgIpc) is 2.76. The van der Waals surface area contributed by atoms with Gasteiger partial charge in [-0.2, -0.15) is 0 Å². The Labute approximate surface area is 102 Å². The van der Waals surface area contributed by atoms with Crippen molar-refractivity contribution in [3.8, 4) is 0 Å². The van der Waals surface area contributed by atoms with Gasteiger partial charge in [0.2, 0.25) is 0 Å². The lowest BCUT2D eigenvalue weighted by atomic mass is 10.0. The molecule has 2 N–H and O–H groups in total. The normalized spacial score (nSPS) is 12.6. The van der Waals surface area contributed by atoms with Crippen LogP contribution in [0.5, 0.6) is 0 Å². The standard InChI is InChI=1S/C14H19N3/c1-11(13-6-4-3-5-7-13)8-15-9-14-12(2)16-10-17-14/h3-7,10-11,15H,8-9H2,1-2H3,(H,16,17). The molecule has 0 aliphatic carbocycles. The molecule has 1 atom stereocenters. The van der Waals surface area contributed by atoms with Crippen molar-refractivity contribution in [2.24, 2.45) is 0 Å². The van der Waals surface area contributed by atoms with E-state index in [0.29, 0.717) is 5.92 Å². The summed E-state index contributed by atoms with van der Waals surface area (Å²) < 4.78 is 0. The summed E-state index contributed by atoms with van der Waals surface area (Å²) in [7, 11) is 0. The number of aromatic nitrogens is 2. The maximum atomic E-state index is 4.27. The Hall–Kier alpha value is -1.61. The van der Waals surface area contributed by atoms with Gasteiger partial charge in [-0.05, 0) is 18.4 Å². The highest BCUT2D eigenvalue weighted by molar-refractivity contribution is 5.19. The summed E-state index contributed by atoms with van der Waals surface area (Å²) in [4.78, 5) is 7.35. The molecule has 3 heteroatoms. The minimum Gasteiger partial charge on any atom is -0.348 e. The highest BCUT2D eigenvalue weighted by Crippen LogP contribution is 2.13. The molecule has 0 spiro atoms. The Bertz CT molecular complexity index is 448. The Balaban J connectivity index is 1.81. The van der Waals surface area contributed by atoms with E-state index in [0.717, 1.165) is 24.5 Å². The van der Waals surface area contributed by atoms with E-state index in [1.165, 1.54) is 5.56 Å². The van der Waals surface area contributed by atoms with Gasteiger partial charge in [0.1, 0.15) is 0 Å². The van der Waals surface area contributed by atoms with E-state index in [2.05, 4.69) is 52.5 Å². The number of H-pyrrole nitrogens is 1. The van der Waals surface area contributed by atoms with Crippen LogP contribution in [0.4, 0.5) is 0 Å². The van der Waals surface area contributed by atoms with Crippen LogP contribution in [-0.4, -0.2) is 16.5 Å². The van der Waals surface area contributed by atoms with E-state index in [9.17, 15) is 0 Å². The van der Waals surface area contributed by atoms with E-state index in [1.54, 1.807) is 6.33 Å².